The highest BCUT2D eigenvalue weighted by atomic mass is 32.2. The van der Waals surface area contributed by atoms with Gasteiger partial charge in [0.15, 0.2) is 5.75 Å². The van der Waals surface area contributed by atoms with E-state index in [1.54, 1.807) is 6.92 Å². The molecule has 3 aromatic rings. The Hall–Kier alpha value is -3.60. The van der Waals surface area contributed by atoms with Crippen LogP contribution in [0.4, 0.5) is 11.4 Å². The topological polar surface area (TPSA) is 138 Å². The van der Waals surface area contributed by atoms with E-state index in [0.29, 0.717) is 16.7 Å². The molecule has 10 nitrogen and oxygen atoms in total. The molecule has 1 heterocycles. The second-order valence-corrected chi connectivity index (χ2v) is 8.97. The van der Waals surface area contributed by atoms with Crippen molar-refractivity contribution < 1.29 is 32.0 Å². The molecule has 0 aliphatic heterocycles. The Morgan fingerprint density at radius 2 is 1.94 bits per heavy atom. The normalized spacial score (nSPS) is 11.4. The van der Waals surface area contributed by atoms with Gasteiger partial charge in [0.1, 0.15) is 16.9 Å². The highest BCUT2D eigenvalue weighted by Crippen LogP contribution is 2.32. The van der Waals surface area contributed by atoms with E-state index in [0.717, 1.165) is 25.3 Å². The lowest BCUT2D eigenvalue weighted by molar-refractivity contribution is -0.386. The molecule has 0 radical (unpaired) electrons. The number of carbonyl (C=O) groups is 1. The van der Waals surface area contributed by atoms with Crippen LogP contribution in [0.1, 0.15) is 42.3 Å². The third kappa shape index (κ3) is 5.25. The van der Waals surface area contributed by atoms with E-state index in [-0.39, 0.29) is 28.5 Å². The lowest BCUT2D eigenvalue weighted by Gasteiger charge is -2.09. The Bertz CT molecular complexity index is 1300. The summed E-state index contributed by atoms with van der Waals surface area (Å²) in [4.78, 5) is 22.8. The third-order valence-electron chi connectivity index (χ3n) is 4.96. The average Bonchev–Trinajstić information content (AvgIpc) is 3.10. The fourth-order valence-corrected chi connectivity index (χ4v) is 4.39. The Balaban J connectivity index is 1.91. The molecule has 0 fully saturated rings. The van der Waals surface area contributed by atoms with Crippen molar-refractivity contribution in [3.05, 3.63) is 57.8 Å². The minimum atomic E-state index is -4.17. The molecule has 2 aromatic carbocycles. The van der Waals surface area contributed by atoms with Gasteiger partial charge in [0.05, 0.1) is 23.5 Å². The number of sulfonamides is 1. The lowest BCUT2D eigenvalue weighted by atomic mass is 10.1. The number of anilines is 1. The molecule has 11 heteroatoms. The zero-order chi connectivity index (χ0) is 24.2. The zero-order valence-electron chi connectivity index (χ0n) is 18.4. The maximum atomic E-state index is 12.8. The fourth-order valence-electron chi connectivity index (χ4n) is 3.32. The van der Waals surface area contributed by atoms with Crippen LogP contribution in [0.2, 0.25) is 0 Å². The van der Waals surface area contributed by atoms with Crippen molar-refractivity contribution in [2.45, 2.75) is 38.0 Å². The van der Waals surface area contributed by atoms with Crippen LogP contribution >= 0.6 is 0 Å². The van der Waals surface area contributed by atoms with Crippen molar-refractivity contribution in [3.8, 4) is 5.75 Å². The highest BCUT2D eigenvalue weighted by molar-refractivity contribution is 7.92. The molecular weight excluding hydrogens is 452 g/mol. The van der Waals surface area contributed by atoms with Crippen LogP contribution in [0, 0.1) is 17.0 Å². The summed E-state index contributed by atoms with van der Waals surface area (Å²) in [5.74, 6) is -0.249. The molecule has 0 atom stereocenters. The Morgan fingerprint density at radius 3 is 2.61 bits per heavy atom. The average molecular weight is 477 g/mol. The van der Waals surface area contributed by atoms with Gasteiger partial charge in [0.25, 0.3) is 10.0 Å². The number of carbonyl (C=O) groups excluding carboxylic acids is 1. The SMILES string of the molecule is CCCCCOC(=O)c1c(C)oc2ccc(NS(=O)(=O)c3ccc(OC)c([N+](=O)[O-])c3)cc12. The second-order valence-electron chi connectivity index (χ2n) is 7.28. The number of nitro groups is 1. The lowest BCUT2D eigenvalue weighted by Crippen LogP contribution is -2.13. The van der Waals surface area contributed by atoms with Crippen LogP contribution in [0.5, 0.6) is 5.75 Å². The van der Waals surface area contributed by atoms with Gasteiger partial charge in [0.2, 0.25) is 0 Å². The predicted molar refractivity (Wildman–Crippen MR) is 121 cm³/mol. The first-order valence-corrected chi connectivity index (χ1v) is 11.7. The number of unbranched alkanes of at least 4 members (excludes halogenated alkanes) is 2. The van der Waals surface area contributed by atoms with Crippen molar-refractivity contribution in [3.63, 3.8) is 0 Å². The van der Waals surface area contributed by atoms with E-state index in [1.165, 1.54) is 37.4 Å². The van der Waals surface area contributed by atoms with Gasteiger partial charge in [-0.15, -0.1) is 0 Å². The first-order valence-electron chi connectivity index (χ1n) is 10.2. The highest BCUT2D eigenvalue weighted by Gasteiger charge is 2.24. The number of hydrogen-bond donors (Lipinski definition) is 1. The number of nitro benzene ring substituents is 1. The molecule has 0 spiro atoms. The number of furan rings is 1. The van der Waals surface area contributed by atoms with Crippen LogP contribution in [0.25, 0.3) is 11.0 Å². The van der Waals surface area contributed by atoms with Gasteiger partial charge in [-0.1, -0.05) is 19.8 Å². The predicted octanol–water partition coefficient (Wildman–Crippen LogP) is 4.81. The summed E-state index contributed by atoms with van der Waals surface area (Å²) in [5.41, 5.74) is 0.301. The Morgan fingerprint density at radius 1 is 1.18 bits per heavy atom. The number of nitrogens with one attached hydrogen (secondary N) is 1. The minimum Gasteiger partial charge on any atom is -0.490 e. The maximum absolute atomic E-state index is 12.8. The van der Waals surface area contributed by atoms with Gasteiger partial charge in [-0.2, -0.15) is 0 Å². The molecule has 1 N–H and O–H groups in total. The van der Waals surface area contributed by atoms with Crippen LogP contribution in [0.15, 0.2) is 45.7 Å². The summed E-state index contributed by atoms with van der Waals surface area (Å²) in [6.45, 7) is 3.95. The Labute approximate surface area is 190 Å². The van der Waals surface area contributed by atoms with Gasteiger partial charge in [-0.25, -0.2) is 13.2 Å². The molecule has 33 heavy (non-hydrogen) atoms. The van der Waals surface area contributed by atoms with Crippen LogP contribution in [0.3, 0.4) is 0 Å². The monoisotopic (exact) mass is 476 g/mol. The van der Waals surface area contributed by atoms with E-state index in [4.69, 9.17) is 13.9 Å². The number of methoxy groups -OCH3 is 1. The second kappa shape index (κ2) is 9.90. The molecule has 176 valence electrons. The molecule has 0 bridgehead atoms. The molecule has 0 amide bonds. The zero-order valence-corrected chi connectivity index (χ0v) is 19.2. The van der Waals surface area contributed by atoms with E-state index in [1.807, 2.05) is 6.92 Å². The van der Waals surface area contributed by atoms with E-state index < -0.39 is 26.6 Å². The molecule has 0 saturated heterocycles. The summed E-state index contributed by atoms with van der Waals surface area (Å²) in [6.07, 6.45) is 2.68. The fraction of sp³-hybridized carbons (Fsp3) is 0.318. The minimum absolute atomic E-state index is 0.0590. The van der Waals surface area contributed by atoms with E-state index in [2.05, 4.69) is 4.72 Å². The summed E-state index contributed by atoms with van der Waals surface area (Å²) < 4.78 is 43.9. The largest absolute Gasteiger partial charge is 0.490 e. The van der Waals surface area contributed by atoms with Crippen molar-refractivity contribution in [1.29, 1.82) is 0 Å². The van der Waals surface area contributed by atoms with Crippen LogP contribution in [-0.4, -0.2) is 33.0 Å². The van der Waals surface area contributed by atoms with Crippen LogP contribution in [-0.2, 0) is 14.8 Å². The quantitative estimate of drug-likeness (QED) is 0.190. The van der Waals surface area contributed by atoms with Crippen molar-refractivity contribution in [2.24, 2.45) is 0 Å². The third-order valence-corrected chi connectivity index (χ3v) is 6.34. The van der Waals surface area contributed by atoms with E-state index in [9.17, 15) is 23.3 Å². The standard InChI is InChI=1S/C22H24N2O8S/c1-4-5-6-11-31-22(25)21-14(2)32-19-9-7-15(12-17(19)21)23-33(28,29)16-8-10-20(30-3)18(13-16)24(26)27/h7-10,12-13,23H,4-6,11H2,1-3H3. The van der Waals surface area contributed by atoms with Gasteiger partial charge in [-0.05, 0) is 43.7 Å². The van der Waals surface area contributed by atoms with Gasteiger partial charge in [-0.3, -0.25) is 14.8 Å². The number of rotatable bonds is 10. The summed E-state index contributed by atoms with van der Waals surface area (Å²) >= 11 is 0. The summed E-state index contributed by atoms with van der Waals surface area (Å²) in [5, 5.41) is 11.6. The Kier molecular flexibility index (Phi) is 7.22. The summed E-state index contributed by atoms with van der Waals surface area (Å²) in [7, 11) is -2.91. The molecule has 3 rings (SSSR count). The number of hydrogen-bond acceptors (Lipinski definition) is 8. The summed E-state index contributed by atoms with van der Waals surface area (Å²) in [6, 6.07) is 7.79. The molecular formula is C22H24N2O8S. The number of esters is 1. The van der Waals surface area contributed by atoms with Crippen molar-refractivity contribution in [1.82, 2.24) is 0 Å². The first kappa shape index (κ1) is 24.1. The van der Waals surface area contributed by atoms with Gasteiger partial charge in [0, 0.05) is 17.1 Å². The van der Waals surface area contributed by atoms with Crippen molar-refractivity contribution in [2.75, 3.05) is 18.4 Å². The molecule has 0 aliphatic rings. The van der Waals surface area contributed by atoms with Gasteiger partial charge >= 0.3 is 11.7 Å². The van der Waals surface area contributed by atoms with Crippen molar-refractivity contribution >= 4 is 38.3 Å². The number of nitrogens with zero attached hydrogens (tertiary/aromatic N) is 1. The first-order chi connectivity index (χ1) is 15.7. The molecule has 1 aromatic heterocycles. The number of ether oxygens (including phenoxy) is 2. The molecule has 0 saturated carbocycles. The maximum Gasteiger partial charge on any atom is 0.342 e. The molecule has 0 aliphatic carbocycles. The number of benzene rings is 2. The number of aryl methyl sites for hydroxylation is 1. The van der Waals surface area contributed by atoms with Gasteiger partial charge < -0.3 is 13.9 Å². The molecule has 0 unspecified atom stereocenters. The van der Waals surface area contributed by atoms with Crippen LogP contribution < -0.4 is 9.46 Å². The van der Waals surface area contributed by atoms with E-state index >= 15 is 0 Å². The number of fused-ring (bicyclic) bond motifs is 1. The smallest absolute Gasteiger partial charge is 0.342 e.